The molecule has 0 radical (unpaired) electrons. The van der Waals surface area contributed by atoms with E-state index in [1.807, 2.05) is 13.0 Å². The first-order valence-corrected chi connectivity index (χ1v) is 7.89. The Morgan fingerprint density at radius 3 is 2.47 bits per heavy atom. The molecule has 0 aromatic heterocycles. The first-order valence-electron chi connectivity index (χ1n) is 6.41. The van der Waals surface area contributed by atoms with Crippen molar-refractivity contribution in [3.05, 3.63) is 54.6 Å². The maximum atomic E-state index is 12.3. The van der Waals surface area contributed by atoms with Gasteiger partial charge in [0.25, 0.3) is 0 Å². The Labute approximate surface area is 115 Å². The van der Waals surface area contributed by atoms with Crippen molar-refractivity contribution in [1.82, 2.24) is 4.72 Å². The van der Waals surface area contributed by atoms with Gasteiger partial charge in [-0.15, -0.1) is 0 Å². The summed E-state index contributed by atoms with van der Waals surface area (Å²) in [6.45, 7) is 5.55. The van der Waals surface area contributed by atoms with Gasteiger partial charge in [0.2, 0.25) is 10.0 Å². The molecule has 1 aliphatic carbocycles. The molecule has 1 fully saturated rings. The van der Waals surface area contributed by atoms with Crippen LogP contribution < -0.4 is 4.72 Å². The minimum atomic E-state index is -3.45. The lowest BCUT2D eigenvalue weighted by atomic mass is 10.2. The zero-order valence-corrected chi connectivity index (χ0v) is 11.9. The van der Waals surface area contributed by atoms with Crippen LogP contribution in [0.25, 0.3) is 0 Å². The molecule has 1 saturated carbocycles. The molecule has 19 heavy (non-hydrogen) atoms. The van der Waals surface area contributed by atoms with Gasteiger partial charge in [-0.1, -0.05) is 42.5 Å². The summed E-state index contributed by atoms with van der Waals surface area (Å²) in [5.41, 5.74) is 1.05. The summed E-state index contributed by atoms with van der Waals surface area (Å²) in [6, 6.07) is 6.75. The fraction of sp³-hybridized carbons (Fsp3) is 0.333. The smallest absolute Gasteiger partial charge is 0.207 e. The molecule has 1 aliphatic rings. The van der Waals surface area contributed by atoms with Crippen LogP contribution in [0.1, 0.15) is 18.4 Å². The molecule has 1 atom stereocenters. The van der Waals surface area contributed by atoms with Gasteiger partial charge in [-0.2, -0.15) is 0 Å². The van der Waals surface area contributed by atoms with Gasteiger partial charge >= 0.3 is 0 Å². The largest absolute Gasteiger partial charge is 0.241 e. The van der Waals surface area contributed by atoms with E-state index >= 15 is 0 Å². The molecule has 2 rings (SSSR count). The van der Waals surface area contributed by atoms with E-state index in [0.717, 1.165) is 18.4 Å². The first-order chi connectivity index (χ1) is 9.03. The van der Waals surface area contributed by atoms with E-state index in [4.69, 9.17) is 0 Å². The number of aryl methyl sites for hydroxylation is 1. The first kappa shape index (κ1) is 14.0. The average molecular weight is 277 g/mol. The molecule has 0 aliphatic heterocycles. The third kappa shape index (κ3) is 3.78. The van der Waals surface area contributed by atoms with Crippen LogP contribution in [0.5, 0.6) is 0 Å². The molecule has 1 aromatic rings. The van der Waals surface area contributed by atoms with Gasteiger partial charge in [0.1, 0.15) is 0 Å². The minimum Gasteiger partial charge on any atom is -0.207 e. The molecule has 102 valence electrons. The summed E-state index contributed by atoms with van der Waals surface area (Å²) in [6.07, 6.45) is 7.47. The summed E-state index contributed by atoms with van der Waals surface area (Å²) in [5.74, 6) is 0.413. The van der Waals surface area contributed by atoms with E-state index < -0.39 is 10.0 Å². The highest BCUT2D eigenvalue weighted by molar-refractivity contribution is 7.89. The van der Waals surface area contributed by atoms with Crippen molar-refractivity contribution in [2.45, 2.75) is 30.7 Å². The Kier molecular flexibility index (Phi) is 4.22. The predicted octanol–water partition coefficient (Wildman–Crippen LogP) is 2.79. The number of hydrogen-bond acceptors (Lipinski definition) is 2. The second-order valence-corrected chi connectivity index (χ2v) is 6.63. The average Bonchev–Trinajstić information content (AvgIpc) is 3.19. The second-order valence-electron chi connectivity index (χ2n) is 4.92. The number of rotatable bonds is 6. The van der Waals surface area contributed by atoms with E-state index in [9.17, 15) is 8.42 Å². The Bertz CT molecular complexity index is 569. The predicted molar refractivity (Wildman–Crippen MR) is 77.3 cm³/mol. The molecular weight excluding hydrogens is 258 g/mol. The van der Waals surface area contributed by atoms with E-state index in [1.54, 1.807) is 36.4 Å². The topological polar surface area (TPSA) is 46.2 Å². The third-order valence-corrected chi connectivity index (χ3v) is 4.68. The fourth-order valence-electron chi connectivity index (χ4n) is 1.91. The van der Waals surface area contributed by atoms with Gasteiger partial charge in [-0.25, -0.2) is 13.1 Å². The molecule has 0 unspecified atom stereocenters. The van der Waals surface area contributed by atoms with Crippen LogP contribution in [-0.4, -0.2) is 14.5 Å². The van der Waals surface area contributed by atoms with E-state index in [2.05, 4.69) is 11.3 Å². The van der Waals surface area contributed by atoms with E-state index in [1.165, 1.54) is 0 Å². The molecule has 0 saturated heterocycles. The molecule has 0 bridgehead atoms. The van der Waals surface area contributed by atoms with Crippen LogP contribution in [-0.2, 0) is 10.0 Å². The number of nitrogens with one attached hydrogen (secondary N) is 1. The zero-order chi connectivity index (χ0) is 13.9. The van der Waals surface area contributed by atoms with Crippen molar-refractivity contribution in [3.8, 4) is 0 Å². The monoisotopic (exact) mass is 277 g/mol. The molecule has 3 nitrogen and oxygen atoms in total. The van der Waals surface area contributed by atoms with Crippen LogP contribution >= 0.6 is 0 Å². The van der Waals surface area contributed by atoms with Gasteiger partial charge in [0.15, 0.2) is 0 Å². The van der Waals surface area contributed by atoms with Gasteiger partial charge < -0.3 is 0 Å². The molecule has 0 spiro atoms. The normalized spacial score (nSPS) is 17.5. The maximum Gasteiger partial charge on any atom is 0.241 e. The second kappa shape index (κ2) is 5.72. The van der Waals surface area contributed by atoms with Crippen molar-refractivity contribution < 1.29 is 8.42 Å². The van der Waals surface area contributed by atoms with Crippen molar-refractivity contribution in [2.24, 2.45) is 5.92 Å². The molecule has 0 amide bonds. The molecular formula is C15H19NO2S. The highest BCUT2D eigenvalue weighted by atomic mass is 32.2. The Morgan fingerprint density at radius 2 is 1.95 bits per heavy atom. The summed E-state index contributed by atoms with van der Waals surface area (Å²) < 4.78 is 27.3. The Morgan fingerprint density at radius 1 is 1.32 bits per heavy atom. The SMILES string of the molecule is C=C/C=C\[C@H](NS(=O)(=O)c1ccc(C)cc1)C1CC1. The van der Waals surface area contributed by atoms with E-state index in [-0.39, 0.29) is 6.04 Å². The standard InChI is InChI=1S/C15H19NO2S/c1-3-4-5-15(13-8-9-13)16-19(17,18)14-10-6-12(2)7-11-14/h3-7,10-11,13,15-16H,1,8-9H2,2H3/b5-4-/t15-/m0/s1. The van der Waals surface area contributed by atoms with Crippen molar-refractivity contribution in [2.75, 3.05) is 0 Å². The highest BCUT2D eigenvalue weighted by Gasteiger charge is 2.32. The van der Waals surface area contributed by atoms with Crippen molar-refractivity contribution in [3.63, 3.8) is 0 Å². The molecule has 4 heteroatoms. The minimum absolute atomic E-state index is 0.135. The van der Waals surface area contributed by atoms with Gasteiger partial charge in [0, 0.05) is 6.04 Å². The summed E-state index contributed by atoms with van der Waals surface area (Å²) >= 11 is 0. The summed E-state index contributed by atoms with van der Waals surface area (Å²) in [5, 5.41) is 0. The lowest BCUT2D eigenvalue weighted by molar-refractivity contribution is 0.557. The highest BCUT2D eigenvalue weighted by Crippen LogP contribution is 2.34. The summed E-state index contributed by atoms with van der Waals surface area (Å²) in [7, 11) is -3.45. The molecule has 0 heterocycles. The number of benzene rings is 1. The number of sulfonamides is 1. The molecule has 1 aromatic carbocycles. The lowest BCUT2D eigenvalue weighted by Crippen LogP contribution is -2.34. The third-order valence-electron chi connectivity index (χ3n) is 3.21. The van der Waals surface area contributed by atoms with Gasteiger partial charge in [-0.05, 0) is 37.8 Å². The number of allylic oxidation sites excluding steroid dienone is 2. The van der Waals surface area contributed by atoms with Crippen LogP contribution in [0.4, 0.5) is 0 Å². The Hall–Kier alpha value is -1.39. The maximum absolute atomic E-state index is 12.3. The Balaban J connectivity index is 2.17. The van der Waals surface area contributed by atoms with Crippen LogP contribution in [0.3, 0.4) is 0 Å². The summed E-state index contributed by atoms with van der Waals surface area (Å²) in [4.78, 5) is 0.316. The van der Waals surface area contributed by atoms with Crippen LogP contribution in [0, 0.1) is 12.8 Å². The zero-order valence-electron chi connectivity index (χ0n) is 11.0. The number of hydrogen-bond donors (Lipinski definition) is 1. The van der Waals surface area contributed by atoms with Gasteiger partial charge in [0.05, 0.1) is 4.90 Å². The van der Waals surface area contributed by atoms with Crippen molar-refractivity contribution in [1.29, 1.82) is 0 Å². The quantitative estimate of drug-likeness (QED) is 0.813. The van der Waals surface area contributed by atoms with Gasteiger partial charge in [-0.3, -0.25) is 0 Å². The lowest BCUT2D eigenvalue weighted by Gasteiger charge is -2.14. The van der Waals surface area contributed by atoms with E-state index in [0.29, 0.717) is 10.8 Å². The van der Waals surface area contributed by atoms with Crippen molar-refractivity contribution >= 4 is 10.0 Å². The fourth-order valence-corrected chi connectivity index (χ4v) is 3.17. The molecule has 1 N–H and O–H groups in total. The van der Waals surface area contributed by atoms with Crippen LogP contribution in [0.15, 0.2) is 54.0 Å². The van der Waals surface area contributed by atoms with Crippen LogP contribution in [0.2, 0.25) is 0 Å².